The van der Waals surface area contributed by atoms with E-state index in [2.05, 4.69) is 19.9 Å². The maximum absolute atomic E-state index is 12.6. The van der Waals surface area contributed by atoms with Gasteiger partial charge in [-0.1, -0.05) is 23.7 Å². The van der Waals surface area contributed by atoms with Crippen molar-refractivity contribution in [2.24, 2.45) is 7.05 Å². The number of hydrogen-bond donors (Lipinski definition) is 3. The van der Waals surface area contributed by atoms with E-state index in [1.807, 2.05) is 0 Å². The zero-order chi connectivity index (χ0) is 23.2. The number of aromatic nitrogens is 5. The Morgan fingerprint density at radius 1 is 1.09 bits per heavy atom. The molecule has 1 unspecified atom stereocenters. The van der Waals surface area contributed by atoms with Crippen molar-refractivity contribution in [2.75, 3.05) is 0 Å². The molecular weight excluding hydrogens is 442 g/mol. The quantitative estimate of drug-likeness (QED) is 0.355. The topological polar surface area (TPSA) is 117 Å². The summed E-state index contributed by atoms with van der Waals surface area (Å²) >= 11 is 6.14. The lowest BCUT2D eigenvalue weighted by atomic mass is 9.85. The van der Waals surface area contributed by atoms with Crippen LogP contribution in [0.1, 0.15) is 17.0 Å². The minimum Gasteiger partial charge on any atom is -0.506 e. The molecule has 4 aromatic heterocycles. The average molecular weight is 460 g/mol. The molecule has 5 rings (SSSR count). The molecule has 9 heteroatoms. The van der Waals surface area contributed by atoms with E-state index in [9.17, 15) is 15.0 Å². The zero-order valence-electron chi connectivity index (χ0n) is 17.4. The minimum atomic E-state index is -1.69. The summed E-state index contributed by atoms with van der Waals surface area (Å²) in [6.45, 7) is 0. The fourth-order valence-electron chi connectivity index (χ4n) is 3.95. The lowest BCUT2D eigenvalue weighted by Crippen LogP contribution is -2.30. The molecule has 0 amide bonds. The van der Waals surface area contributed by atoms with Crippen molar-refractivity contribution in [1.29, 1.82) is 0 Å². The monoisotopic (exact) mass is 459 g/mol. The number of H-pyrrole nitrogens is 1. The van der Waals surface area contributed by atoms with Crippen molar-refractivity contribution in [3.8, 4) is 17.0 Å². The molecule has 1 aromatic carbocycles. The molecule has 0 saturated carbocycles. The van der Waals surface area contributed by atoms with Gasteiger partial charge < -0.3 is 19.8 Å². The normalized spacial score (nSPS) is 13.2. The molecule has 0 aliphatic carbocycles. The van der Waals surface area contributed by atoms with E-state index in [1.165, 1.54) is 35.4 Å². The number of aliphatic hydroxyl groups is 1. The molecule has 0 spiro atoms. The molecule has 1 atom stereocenters. The maximum atomic E-state index is 12.6. The predicted molar refractivity (Wildman–Crippen MR) is 124 cm³/mol. The van der Waals surface area contributed by atoms with Crippen LogP contribution in [0, 0.1) is 0 Å². The Kier molecular flexibility index (Phi) is 4.96. The SMILES string of the molecule is Cn1c(=O)cc(-c2ccc(O)cn2)c2cc(C(O)(c3cccc(Cl)n3)c3cnc[nH]3)ccc21. The second kappa shape index (κ2) is 7.84. The number of imidazole rings is 1. The summed E-state index contributed by atoms with van der Waals surface area (Å²) in [7, 11) is 1.68. The first-order chi connectivity index (χ1) is 15.9. The van der Waals surface area contributed by atoms with Crippen molar-refractivity contribution in [3.05, 3.63) is 106 Å². The summed E-state index contributed by atoms with van der Waals surface area (Å²) in [4.78, 5) is 28.3. The van der Waals surface area contributed by atoms with Crippen LogP contribution in [0.2, 0.25) is 5.15 Å². The molecule has 0 aliphatic rings. The van der Waals surface area contributed by atoms with Crippen molar-refractivity contribution in [1.82, 2.24) is 24.5 Å². The van der Waals surface area contributed by atoms with Gasteiger partial charge in [0.15, 0.2) is 5.60 Å². The molecule has 0 fully saturated rings. The first-order valence-corrected chi connectivity index (χ1v) is 10.4. The second-order valence-electron chi connectivity index (χ2n) is 7.61. The maximum Gasteiger partial charge on any atom is 0.251 e. The summed E-state index contributed by atoms with van der Waals surface area (Å²) in [5, 5.41) is 22.6. The summed E-state index contributed by atoms with van der Waals surface area (Å²) in [6, 6.07) is 14.9. The summed E-state index contributed by atoms with van der Waals surface area (Å²) in [5.74, 6) is 0.0215. The number of nitrogens with one attached hydrogen (secondary N) is 1. The standard InChI is InChI=1S/C24H18ClN5O3/c1-30-19-8-5-14(9-17(19)16(10-23(30)32)18-7-6-15(31)11-27-18)24(33,21-12-26-13-28-21)20-3-2-4-22(25)29-20/h2-13,31,33H,1H3,(H,26,28). The van der Waals surface area contributed by atoms with Crippen LogP contribution in [0.3, 0.4) is 0 Å². The fraction of sp³-hybridized carbons (Fsp3) is 0.0833. The molecule has 0 bridgehead atoms. The van der Waals surface area contributed by atoms with Crippen molar-refractivity contribution < 1.29 is 10.2 Å². The zero-order valence-corrected chi connectivity index (χ0v) is 18.2. The van der Waals surface area contributed by atoms with Crippen LogP contribution in [-0.4, -0.2) is 34.7 Å². The summed E-state index contributed by atoms with van der Waals surface area (Å²) in [6.07, 6.45) is 4.32. The number of aromatic amines is 1. The van der Waals surface area contributed by atoms with Crippen LogP contribution in [0.5, 0.6) is 5.75 Å². The summed E-state index contributed by atoms with van der Waals surface area (Å²) in [5.41, 5.74) is 1.05. The number of rotatable bonds is 4. The molecule has 3 N–H and O–H groups in total. The van der Waals surface area contributed by atoms with E-state index in [4.69, 9.17) is 11.6 Å². The highest BCUT2D eigenvalue weighted by Crippen LogP contribution is 2.37. The Hall–Kier alpha value is -4.01. The number of fused-ring (bicyclic) bond motifs is 1. The van der Waals surface area contributed by atoms with E-state index in [-0.39, 0.29) is 16.5 Å². The number of pyridine rings is 3. The van der Waals surface area contributed by atoms with Crippen molar-refractivity contribution in [2.45, 2.75) is 5.60 Å². The van der Waals surface area contributed by atoms with Gasteiger partial charge in [-0.3, -0.25) is 9.78 Å². The van der Waals surface area contributed by atoms with Crippen molar-refractivity contribution in [3.63, 3.8) is 0 Å². The van der Waals surface area contributed by atoms with E-state index >= 15 is 0 Å². The van der Waals surface area contributed by atoms with Crippen LogP contribution in [0.15, 0.2) is 78.1 Å². The molecule has 164 valence electrons. The fourth-order valence-corrected chi connectivity index (χ4v) is 4.11. The lowest BCUT2D eigenvalue weighted by Gasteiger charge is -2.28. The predicted octanol–water partition coefficient (Wildman–Crippen LogP) is 3.36. The Balaban J connectivity index is 1.82. The average Bonchev–Trinajstić information content (AvgIpc) is 3.37. The third kappa shape index (κ3) is 3.45. The highest BCUT2D eigenvalue weighted by molar-refractivity contribution is 6.29. The molecular formula is C24H18ClN5O3. The smallest absolute Gasteiger partial charge is 0.251 e. The van der Waals surface area contributed by atoms with Gasteiger partial charge in [-0.05, 0) is 42.0 Å². The van der Waals surface area contributed by atoms with Gasteiger partial charge in [-0.25, -0.2) is 9.97 Å². The van der Waals surface area contributed by atoms with Crippen LogP contribution in [0.25, 0.3) is 22.2 Å². The lowest BCUT2D eigenvalue weighted by molar-refractivity contribution is 0.116. The third-order valence-corrected chi connectivity index (χ3v) is 5.87. The molecule has 0 aliphatic heterocycles. The Labute approximate surface area is 192 Å². The number of hydrogen-bond acceptors (Lipinski definition) is 6. The van der Waals surface area contributed by atoms with Gasteiger partial charge in [0, 0.05) is 24.1 Å². The highest BCUT2D eigenvalue weighted by Gasteiger charge is 2.37. The number of aromatic hydroxyl groups is 1. The minimum absolute atomic E-state index is 0.0215. The molecule has 5 aromatic rings. The first kappa shape index (κ1) is 20.9. The molecule has 8 nitrogen and oxygen atoms in total. The van der Waals surface area contributed by atoms with Gasteiger partial charge in [0.2, 0.25) is 0 Å². The van der Waals surface area contributed by atoms with Gasteiger partial charge in [-0.15, -0.1) is 0 Å². The Morgan fingerprint density at radius 2 is 1.94 bits per heavy atom. The Bertz CT molecular complexity index is 1530. The van der Waals surface area contributed by atoms with Crippen LogP contribution in [-0.2, 0) is 12.6 Å². The summed E-state index contributed by atoms with van der Waals surface area (Å²) < 4.78 is 1.52. The van der Waals surface area contributed by atoms with Gasteiger partial charge >= 0.3 is 0 Å². The van der Waals surface area contributed by atoms with Gasteiger partial charge in [0.05, 0.1) is 41.3 Å². The van der Waals surface area contributed by atoms with E-state index in [0.717, 1.165) is 0 Å². The Morgan fingerprint density at radius 3 is 2.64 bits per heavy atom. The van der Waals surface area contributed by atoms with Gasteiger partial charge in [0.1, 0.15) is 10.9 Å². The number of benzene rings is 1. The third-order valence-electron chi connectivity index (χ3n) is 5.66. The molecule has 0 saturated heterocycles. The van der Waals surface area contributed by atoms with Crippen LogP contribution >= 0.6 is 11.6 Å². The number of halogens is 1. The van der Waals surface area contributed by atoms with E-state index < -0.39 is 5.60 Å². The number of aryl methyl sites for hydroxylation is 1. The second-order valence-corrected chi connectivity index (χ2v) is 8.00. The molecule has 33 heavy (non-hydrogen) atoms. The van der Waals surface area contributed by atoms with Crippen molar-refractivity contribution >= 4 is 22.5 Å². The van der Waals surface area contributed by atoms with Gasteiger partial charge in [-0.2, -0.15) is 0 Å². The van der Waals surface area contributed by atoms with Crippen LogP contribution in [0.4, 0.5) is 0 Å². The highest BCUT2D eigenvalue weighted by atomic mass is 35.5. The van der Waals surface area contributed by atoms with Crippen LogP contribution < -0.4 is 5.56 Å². The number of nitrogens with zero attached hydrogens (tertiary/aromatic N) is 4. The van der Waals surface area contributed by atoms with Gasteiger partial charge in [0.25, 0.3) is 5.56 Å². The molecule has 0 radical (unpaired) electrons. The largest absolute Gasteiger partial charge is 0.506 e. The first-order valence-electron chi connectivity index (χ1n) is 10.0. The molecule has 4 heterocycles. The van der Waals surface area contributed by atoms with E-state index in [0.29, 0.717) is 39.1 Å². The van der Waals surface area contributed by atoms with E-state index in [1.54, 1.807) is 49.5 Å².